The summed E-state index contributed by atoms with van der Waals surface area (Å²) in [5.41, 5.74) is 2.43. The summed E-state index contributed by atoms with van der Waals surface area (Å²) in [6.07, 6.45) is -3.18. The third kappa shape index (κ3) is 6.40. The maximum absolute atomic E-state index is 12.8. The van der Waals surface area contributed by atoms with E-state index < -0.39 is 12.1 Å². The predicted octanol–water partition coefficient (Wildman–Crippen LogP) is 3.93. The molecule has 0 fully saturated rings. The van der Waals surface area contributed by atoms with E-state index in [1.807, 2.05) is 26.0 Å². The molecule has 0 bridgehead atoms. The molecular formula is C23H24F3N3O5. The maximum atomic E-state index is 12.8. The van der Waals surface area contributed by atoms with Crippen LogP contribution in [0.2, 0.25) is 0 Å². The van der Waals surface area contributed by atoms with Gasteiger partial charge < -0.3 is 14.2 Å². The third-order valence-corrected chi connectivity index (χ3v) is 4.82. The van der Waals surface area contributed by atoms with E-state index in [9.17, 15) is 22.8 Å². The second-order valence-electron chi connectivity index (χ2n) is 7.46. The molecule has 3 aromatic rings. The third-order valence-electron chi connectivity index (χ3n) is 4.82. The first kappa shape index (κ1) is 24.9. The number of alkyl halides is 3. The molecule has 0 aliphatic carbocycles. The van der Waals surface area contributed by atoms with Crippen LogP contribution in [0.1, 0.15) is 30.0 Å². The fourth-order valence-corrected chi connectivity index (χ4v) is 3.36. The largest absolute Gasteiger partial charge is 0.573 e. The van der Waals surface area contributed by atoms with Crippen LogP contribution in [0.5, 0.6) is 11.5 Å². The number of ether oxygens (including phenoxy) is 3. The minimum atomic E-state index is -4.79. The van der Waals surface area contributed by atoms with E-state index in [-0.39, 0.29) is 31.5 Å². The Bertz CT molecular complexity index is 1180. The minimum absolute atomic E-state index is 0.156. The summed E-state index contributed by atoms with van der Waals surface area (Å²) >= 11 is 0. The Balaban J connectivity index is 1.70. The van der Waals surface area contributed by atoms with Crippen LogP contribution in [0.25, 0.3) is 5.69 Å². The van der Waals surface area contributed by atoms with Crippen LogP contribution < -0.4 is 15.2 Å². The molecule has 0 radical (unpaired) electrons. The van der Waals surface area contributed by atoms with Gasteiger partial charge in [0.2, 0.25) is 0 Å². The van der Waals surface area contributed by atoms with Gasteiger partial charge in [0, 0.05) is 6.42 Å². The average Bonchev–Trinajstić information content (AvgIpc) is 3.12. The van der Waals surface area contributed by atoms with E-state index in [1.54, 1.807) is 6.92 Å². The van der Waals surface area contributed by atoms with Crippen LogP contribution in [0, 0.1) is 13.8 Å². The van der Waals surface area contributed by atoms with Crippen molar-refractivity contribution in [3.05, 3.63) is 69.9 Å². The van der Waals surface area contributed by atoms with Crippen LogP contribution in [-0.2, 0) is 16.1 Å². The lowest BCUT2D eigenvalue weighted by atomic mass is 10.1. The maximum Gasteiger partial charge on any atom is 0.573 e. The predicted molar refractivity (Wildman–Crippen MR) is 116 cm³/mol. The lowest BCUT2D eigenvalue weighted by molar-refractivity contribution is -0.274. The molecule has 0 aliphatic rings. The SMILES string of the molecule is CCC(=O)OCCOc1c(C)cc(Cn2ncn(-c3ccc(OC(F)(F)F)cc3)c2=O)cc1C. The Morgan fingerprint density at radius 3 is 2.29 bits per heavy atom. The van der Waals surface area contributed by atoms with E-state index in [0.29, 0.717) is 17.9 Å². The van der Waals surface area contributed by atoms with Crippen LogP contribution in [-0.4, -0.2) is 39.9 Å². The second-order valence-corrected chi connectivity index (χ2v) is 7.46. The van der Waals surface area contributed by atoms with Gasteiger partial charge in [0.1, 0.15) is 31.0 Å². The lowest BCUT2D eigenvalue weighted by Gasteiger charge is -2.14. The zero-order chi connectivity index (χ0) is 24.9. The molecule has 1 heterocycles. The number of hydrogen-bond acceptors (Lipinski definition) is 6. The molecule has 0 amide bonds. The molecule has 0 aliphatic heterocycles. The Hall–Kier alpha value is -3.76. The van der Waals surface area contributed by atoms with E-state index in [2.05, 4.69) is 9.84 Å². The first-order chi connectivity index (χ1) is 16.1. The smallest absolute Gasteiger partial charge is 0.489 e. The molecule has 11 heteroatoms. The van der Waals surface area contributed by atoms with Crippen molar-refractivity contribution in [3.63, 3.8) is 0 Å². The van der Waals surface area contributed by atoms with E-state index in [4.69, 9.17) is 9.47 Å². The zero-order valence-electron chi connectivity index (χ0n) is 18.9. The Kier molecular flexibility index (Phi) is 7.64. The number of nitrogens with zero attached hydrogens (tertiary/aromatic N) is 3. The van der Waals surface area contributed by atoms with Crippen molar-refractivity contribution < 1.29 is 32.2 Å². The van der Waals surface area contributed by atoms with Crippen LogP contribution in [0.4, 0.5) is 13.2 Å². The molecule has 182 valence electrons. The Morgan fingerprint density at radius 1 is 1.06 bits per heavy atom. The fourth-order valence-electron chi connectivity index (χ4n) is 3.36. The van der Waals surface area contributed by atoms with E-state index in [1.165, 1.54) is 27.7 Å². The lowest BCUT2D eigenvalue weighted by Crippen LogP contribution is -2.24. The Morgan fingerprint density at radius 2 is 1.71 bits per heavy atom. The molecule has 0 spiro atoms. The Labute approximate surface area is 193 Å². The summed E-state index contributed by atoms with van der Waals surface area (Å²) in [5, 5.41) is 4.11. The zero-order valence-corrected chi connectivity index (χ0v) is 18.9. The molecule has 0 unspecified atom stereocenters. The summed E-state index contributed by atoms with van der Waals surface area (Å²) in [4.78, 5) is 24.0. The van der Waals surface area contributed by atoms with Gasteiger partial charge in [-0.25, -0.2) is 14.0 Å². The molecule has 0 saturated heterocycles. The number of esters is 1. The fraction of sp³-hybridized carbons (Fsp3) is 0.348. The van der Waals surface area contributed by atoms with Gasteiger partial charge in [0.15, 0.2) is 0 Å². The number of rotatable bonds is 9. The van der Waals surface area contributed by atoms with Crippen LogP contribution >= 0.6 is 0 Å². The first-order valence-electron chi connectivity index (χ1n) is 10.5. The van der Waals surface area contributed by atoms with Gasteiger partial charge in [-0.05, 0) is 54.8 Å². The van der Waals surface area contributed by atoms with Gasteiger partial charge in [-0.2, -0.15) is 5.10 Å². The van der Waals surface area contributed by atoms with Crippen molar-refractivity contribution in [2.45, 2.75) is 40.1 Å². The number of aromatic nitrogens is 3. The van der Waals surface area contributed by atoms with Crippen molar-refractivity contribution in [1.82, 2.24) is 14.3 Å². The molecule has 0 N–H and O–H groups in total. The molecule has 8 nitrogen and oxygen atoms in total. The van der Waals surface area contributed by atoms with Crippen molar-refractivity contribution in [1.29, 1.82) is 0 Å². The van der Waals surface area contributed by atoms with Crippen LogP contribution in [0.15, 0.2) is 47.5 Å². The quantitative estimate of drug-likeness (QED) is 0.342. The van der Waals surface area contributed by atoms with E-state index in [0.717, 1.165) is 28.8 Å². The van der Waals surface area contributed by atoms with Crippen LogP contribution in [0.3, 0.4) is 0 Å². The number of carbonyl (C=O) groups excluding carboxylic acids is 1. The van der Waals surface area contributed by atoms with E-state index >= 15 is 0 Å². The van der Waals surface area contributed by atoms with Gasteiger partial charge in [-0.1, -0.05) is 19.1 Å². The van der Waals surface area contributed by atoms with Gasteiger partial charge in [-0.15, -0.1) is 13.2 Å². The summed E-state index contributed by atoms with van der Waals surface area (Å²) in [6, 6.07) is 8.67. The molecule has 3 rings (SSSR count). The summed E-state index contributed by atoms with van der Waals surface area (Å²) in [7, 11) is 0. The second kappa shape index (κ2) is 10.4. The van der Waals surface area contributed by atoms with Crippen molar-refractivity contribution in [3.8, 4) is 17.2 Å². The highest BCUT2D eigenvalue weighted by Gasteiger charge is 2.31. The standard InChI is InChI=1S/C23H24F3N3O5/c1-4-20(30)32-9-10-33-21-15(2)11-17(12-16(21)3)13-29-22(31)28(14-27-29)18-5-7-19(8-6-18)34-23(24,25)26/h5-8,11-12,14H,4,9-10,13H2,1-3H3. The van der Waals surface area contributed by atoms with Gasteiger partial charge in [0.25, 0.3) is 0 Å². The molecule has 0 atom stereocenters. The topological polar surface area (TPSA) is 84.6 Å². The van der Waals surface area contributed by atoms with Crippen molar-refractivity contribution >= 4 is 5.97 Å². The highest BCUT2D eigenvalue weighted by atomic mass is 19.4. The molecule has 34 heavy (non-hydrogen) atoms. The highest BCUT2D eigenvalue weighted by Crippen LogP contribution is 2.25. The normalized spacial score (nSPS) is 11.4. The number of halogens is 3. The first-order valence-corrected chi connectivity index (χ1v) is 10.5. The van der Waals surface area contributed by atoms with Gasteiger partial charge >= 0.3 is 18.0 Å². The molecule has 0 saturated carbocycles. The molecule has 1 aromatic heterocycles. The highest BCUT2D eigenvalue weighted by molar-refractivity contribution is 5.68. The molecular weight excluding hydrogens is 455 g/mol. The number of benzene rings is 2. The number of carbonyl (C=O) groups is 1. The monoisotopic (exact) mass is 479 g/mol. The molecule has 2 aromatic carbocycles. The number of hydrogen-bond donors (Lipinski definition) is 0. The van der Waals surface area contributed by atoms with Crippen molar-refractivity contribution in [2.75, 3.05) is 13.2 Å². The van der Waals surface area contributed by atoms with Crippen molar-refractivity contribution in [2.24, 2.45) is 0 Å². The summed E-state index contributed by atoms with van der Waals surface area (Å²) in [6.45, 7) is 6.03. The average molecular weight is 479 g/mol. The summed E-state index contributed by atoms with van der Waals surface area (Å²) in [5.74, 6) is 0.00618. The number of aryl methyl sites for hydroxylation is 2. The summed E-state index contributed by atoms with van der Waals surface area (Å²) < 4.78 is 54.0. The van der Waals surface area contributed by atoms with Gasteiger partial charge in [0.05, 0.1) is 12.2 Å². The minimum Gasteiger partial charge on any atom is -0.489 e. The van der Waals surface area contributed by atoms with Gasteiger partial charge in [-0.3, -0.25) is 4.79 Å².